The number of hydrogen-bond donors (Lipinski definition) is 0. The number of rotatable bonds is 5. The van der Waals surface area contributed by atoms with Crippen molar-refractivity contribution in [2.75, 3.05) is 0 Å². The second-order valence-electron chi connectivity index (χ2n) is 13.4. The molecular formula is C45H34N4SSi. The predicted octanol–water partition coefficient (Wildman–Crippen LogP) is 7.99. The van der Waals surface area contributed by atoms with Gasteiger partial charge in [0.2, 0.25) is 5.78 Å². The third kappa shape index (κ3) is 4.33. The minimum atomic E-state index is -3.22. The third-order valence-electron chi connectivity index (χ3n) is 10.5. The van der Waals surface area contributed by atoms with E-state index in [1.165, 1.54) is 10.4 Å². The van der Waals surface area contributed by atoms with Crippen LogP contribution < -0.4 is 20.7 Å². The minimum absolute atomic E-state index is 0.771. The summed E-state index contributed by atoms with van der Waals surface area (Å²) in [6.45, 7) is -0.392. The summed E-state index contributed by atoms with van der Waals surface area (Å²) in [5.41, 5.74) is 4.50. The van der Waals surface area contributed by atoms with E-state index in [1.807, 2.05) is 43.5 Å². The summed E-state index contributed by atoms with van der Waals surface area (Å²) in [4.78, 5) is 12.2. The lowest BCUT2D eigenvalue weighted by atomic mass is 9.78. The Morgan fingerprint density at radius 3 is 2.04 bits per heavy atom. The van der Waals surface area contributed by atoms with Crippen molar-refractivity contribution < 1.29 is 4.11 Å². The molecule has 244 valence electrons. The van der Waals surface area contributed by atoms with Gasteiger partial charge in [-0.1, -0.05) is 147 Å². The van der Waals surface area contributed by atoms with Crippen LogP contribution in [0.25, 0.3) is 33.7 Å². The van der Waals surface area contributed by atoms with E-state index < -0.39 is 20.3 Å². The van der Waals surface area contributed by atoms with Gasteiger partial charge in [0.25, 0.3) is 0 Å². The number of fused-ring (bicyclic) bond motifs is 7. The second-order valence-corrected chi connectivity index (χ2v) is 18.2. The highest BCUT2D eigenvalue weighted by atomic mass is 32.2. The Labute approximate surface area is 306 Å². The fourth-order valence-electron chi connectivity index (χ4n) is 8.25. The maximum Gasteiger partial charge on any atom is 0.221 e. The van der Waals surface area contributed by atoms with Crippen LogP contribution in [0.2, 0.25) is 0 Å². The van der Waals surface area contributed by atoms with Crippen molar-refractivity contribution >= 4 is 68.4 Å². The number of aromatic nitrogens is 4. The molecule has 0 bridgehead atoms. The lowest BCUT2D eigenvalue weighted by Crippen LogP contribution is -2.75. The molecule has 0 saturated heterocycles. The van der Waals surface area contributed by atoms with Gasteiger partial charge in [-0.05, 0) is 74.3 Å². The molecule has 1 atom stereocenters. The van der Waals surface area contributed by atoms with Crippen LogP contribution in [0.3, 0.4) is 0 Å². The van der Waals surface area contributed by atoms with Crippen molar-refractivity contribution in [2.24, 2.45) is 0 Å². The molecular weight excluding hydrogens is 657 g/mol. The topological polar surface area (TPSA) is 35.1 Å². The van der Waals surface area contributed by atoms with E-state index in [0.717, 1.165) is 65.0 Å². The molecule has 0 spiro atoms. The normalized spacial score (nSPS) is 16.8. The summed E-state index contributed by atoms with van der Waals surface area (Å²) >= 11 is 1.70. The SMILES string of the molecule is [2H]C([2H])([2H])C1(C)c2ccccc2Sc2c1cccc2[Si](c1ccccc1)(c1ccccc1)c1ccnc(-n2c3ccccc3n3c4ccccc4nc23)c1. The number of nitrogens with zero attached hydrogens (tertiary/aromatic N) is 4. The average Bonchev–Trinajstić information content (AvgIpc) is 3.74. The maximum absolute atomic E-state index is 9.00. The van der Waals surface area contributed by atoms with E-state index in [4.69, 9.17) is 14.1 Å². The van der Waals surface area contributed by atoms with Crippen LogP contribution in [-0.4, -0.2) is 27.0 Å². The van der Waals surface area contributed by atoms with Gasteiger partial charge in [0, 0.05) is 25.5 Å². The first kappa shape index (κ1) is 27.1. The molecule has 10 rings (SSSR count). The Bertz CT molecular complexity index is 2850. The Balaban J connectivity index is 1.32. The molecule has 4 nitrogen and oxygen atoms in total. The van der Waals surface area contributed by atoms with Crippen LogP contribution in [0.4, 0.5) is 0 Å². The van der Waals surface area contributed by atoms with Gasteiger partial charge in [-0.2, -0.15) is 0 Å². The molecule has 4 heterocycles. The zero-order valence-corrected chi connectivity index (χ0v) is 29.7. The summed E-state index contributed by atoms with van der Waals surface area (Å²) in [6.07, 6.45) is 1.93. The van der Waals surface area contributed by atoms with Crippen LogP contribution in [0.1, 0.15) is 29.0 Å². The van der Waals surface area contributed by atoms with Crippen LogP contribution in [0.5, 0.6) is 0 Å². The number of pyridine rings is 1. The first-order chi connectivity index (χ1) is 26.3. The Morgan fingerprint density at radius 1 is 0.627 bits per heavy atom. The first-order valence-corrected chi connectivity index (χ1v) is 20.0. The lowest BCUT2D eigenvalue weighted by Gasteiger charge is -2.40. The highest BCUT2D eigenvalue weighted by Gasteiger charge is 2.46. The molecule has 9 aromatic rings. The van der Waals surface area contributed by atoms with Crippen LogP contribution in [0, 0.1) is 0 Å². The molecule has 1 unspecified atom stereocenters. The number of para-hydroxylation sites is 4. The van der Waals surface area contributed by atoms with Crippen molar-refractivity contribution in [3.8, 4) is 5.82 Å². The molecule has 0 aliphatic carbocycles. The molecule has 1 aliphatic heterocycles. The standard InChI is InChI=1S/C45H34N4SSi/c1-45(2)34-20-9-14-26-40(34)50-43-35(45)21-15-27-41(43)51(31-16-5-3-6-17-31,32-18-7-4-8-19-32)33-28-29-46-42(30-33)49-39-25-13-12-24-38(39)48-37-23-11-10-22-36(37)47-44(48)49/h3-30H,1-2H3/i1D3. The van der Waals surface area contributed by atoms with Gasteiger partial charge in [0.15, 0.2) is 8.07 Å². The summed E-state index contributed by atoms with van der Waals surface area (Å²) < 4.78 is 31.4. The van der Waals surface area contributed by atoms with E-state index in [9.17, 15) is 0 Å². The summed E-state index contributed by atoms with van der Waals surface area (Å²) in [5.74, 6) is 1.57. The fourth-order valence-corrected chi connectivity index (χ4v) is 15.0. The Kier molecular flexibility index (Phi) is 6.06. The number of hydrogen-bond acceptors (Lipinski definition) is 3. The predicted molar refractivity (Wildman–Crippen MR) is 214 cm³/mol. The van der Waals surface area contributed by atoms with E-state index in [2.05, 4.69) is 142 Å². The summed E-state index contributed by atoms with van der Waals surface area (Å²) in [5, 5.41) is 4.69. The Morgan fingerprint density at radius 2 is 1.27 bits per heavy atom. The van der Waals surface area contributed by atoms with Gasteiger partial charge in [0.05, 0.1) is 22.1 Å². The number of imidazole rings is 2. The Hall–Kier alpha value is -5.69. The van der Waals surface area contributed by atoms with Crippen LogP contribution in [0.15, 0.2) is 180 Å². The molecule has 0 fully saturated rings. The molecule has 6 aromatic carbocycles. The molecule has 6 heteroatoms. The smallest absolute Gasteiger partial charge is 0.221 e. The van der Waals surface area contributed by atoms with Crippen LogP contribution in [-0.2, 0) is 5.41 Å². The lowest BCUT2D eigenvalue weighted by molar-refractivity contribution is 0.608. The fraction of sp³-hybridized carbons (Fsp3) is 0.0667. The molecule has 0 radical (unpaired) electrons. The first-order valence-electron chi connectivity index (χ1n) is 18.7. The quantitative estimate of drug-likeness (QED) is 0.135. The monoisotopic (exact) mass is 693 g/mol. The van der Waals surface area contributed by atoms with E-state index in [-0.39, 0.29) is 0 Å². The molecule has 51 heavy (non-hydrogen) atoms. The highest BCUT2D eigenvalue weighted by Crippen LogP contribution is 2.48. The maximum atomic E-state index is 9.00. The van der Waals surface area contributed by atoms with E-state index in [1.54, 1.807) is 11.8 Å². The van der Waals surface area contributed by atoms with E-state index in [0.29, 0.717) is 0 Å². The average molecular weight is 694 g/mol. The molecule has 0 saturated carbocycles. The van der Waals surface area contributed by atoms with Gasteiger partial charge in [-0.25, -0.2) is 9.97 Å². The molecule has 3 aromatic heterocycles. The van der Waals surface area contributed by atoms with Gasteiger partial charge >= 0.3 is 0 Å². The molecule has 0 N–H and O–H groups in total. The van der Waals surface area contributed by atoms with Crippen LogP contribution >= 0.6 is 11.8 Å². The van der Waals surface area contributed by atoms with Crippen molar-refractivity contribution in [1.29, 1.82) is 0 Å². The summed E-state index contributed by atoms with van der Waals surface area (Å²) in [7, 11) is -3.22. The molecule has 1 aliphatic rings. The van der Waals surface area contributed by atoms with Gasteiger partial charge < -0.3 is 0 Å². The highest BCUT2D eigenvalue weighted by molar-refractivity contribution is 7.99. The van der Waals surface area contributed by atoms with Crippen molar-refractivity contribution in [2.45, 2.75) is 29.0 Å². The van der Waals surface area contributed by atoms with E-state index >= 15 is 0 Å². The van der Waals surface area contributed by atoms with Crippen molar-refractivity contribution in [3.05, 3.63) is 181 Å². The second kappa shape index (κ2) is 11.4. The van der Waals surface area contributed by atoms with Crippen molar-refractivity contribution in [3.63, 3.8) is 0 Å². The zero-order valence-electron chi connectivity index (χ0n) is 30.9. The largest absolute Gasteiger partial charge is 0.276 e. The van der Waals surface area contributed by atoms with Crippen molar-refractivity contribution in [1.82, 2.24) is 18.9 Å². The van der Waals surface area contributed by atoms with Gasteiger partial charge in [-0.3, -0.25) is 8.97 Å². The summed E-state index contributed by atoms with van der Waals surface area (Å²) in [6, 6.07) is 57.0. The number of benzene rings is 6. The third-order valence-corrected chi connectivity index (χ3v) is 16.7. The molecule has 0 amide bonds. The van der Waals surface area contributed by atoms with Gasteiger partial charge in [0.1, 0.15) is 5.82 Å². The van der Waals surface area contributed by atoms with Gasteiger partial charge in [-0.15, -0.1) is 0 Å². The minimum Gasteiger partial charge on any atom is -0.276 e. The zero-order chi connectivity index (χ0) is 36.7.